The molecule has 5 heteroatoms. The van der Waals surface area contributed by atoms with E-state index >= 15 is 0 Å². The van der Waals surface area contributed by atoms with E-state index in [4.69, 9.17) is 0 Å². The van der Waals surface area contributed by atoms with E-state index in [0.717, 1.165) is 29.7 Å². The second kappa shape index (κ2) is 6.24. The van der Waals surface area contributed by atoms with E-state index in [1.807, 2.05) is 29.9 Å². The van der Waals surface area contributed by atoms with Crippen molar-refractivity contribution in [3.8, 4) is 0 Å². The van der Waals surface area contributed by atoms with Gasteiger partial charge in [-0.05, 0) is 30.7 Å². The van der Waals surface area contributed by atoms with Crippen LogP contribution in [-0.4, -0.2) is 27.0 Å². The minimum atomic E-state index is 0.0387. The van der Waals surface area contributed by atoms with Gasteiger partial charge in [0.05, 0.1) is 5.69 Å². The topological polar surface area (TPSA) is 59.3 Å². The van der Waals surface area contributed by atoms with Crippen molar-refractivity contribution in [1.82, 2.24) is 19.9 Å². The lowest BCUT2D eigenvalue weighted by Gasteiger charge is -2.17. The van der Waals surface area contributed by atoms with Gasteiger partial charge in [-0.1, -0.05) is 20.8 Å². The van der Waals surface area contributed by atoms with E-state index in [0.29, 0.717) is 13.0 Å². The maximum atomic E-state index is 11.7. The van der Waals surface area contributed by atoms with Gasteiger partial charge in [0.25, 0.3) is 0 Å². The number of carbonyl (C=O) groups excluding carboxylic acids is 1. The lowest BCUT2D eigenvalue weighted by atomic mass is 9.92. The number of aryl methyl sites for hydroxylation is 2. The van der Waals surface area contributed by atoms with Gasteiger partial charge in [0.1, 0.15) is 0 Å². The first-order valence-corrected chi connectivity index (χ1v) is 7.41. The van der Waals surface area contributed by atoms with Gasteiger partial charge < -0.3 is 5.32 Å². The molecule has 21 heavy (non-hydrogen) atoms. The third-order valence-electron chi connectivity index (χ3n) is 3.14. The molecule has 114 valence electrons. The highest BCUT2D eigenvalue weighted by atomic mass is 16.1. The molecule has 2 rings (SSSR count). The van der Waals surface area contributed by atoms with Crippen molar-refractivity contribution in [2.45, 2.75) is 47.0 Å². The highest BCUT2D eigenvalue weighted by Gasteiger charge is 2.15. The Balaban J connectivity index is 1.78. The van der Waals surface area contributed by atoms with Crippen LogP contribution in [0.15, 0.2) is 18.5 Å². The Kier molecular flexibility index (Phi) is 4.60. The van der Waals surface area contributed by atoms with Gasteiger partial charge in [0.2, 0.25) is 5.91 Å². The maximum Gasteiger partial charge on any atom is 0.220 e. The average molecular weight is 288 g/mol. The van der Waals surface area contributed by atoms with Crippen molar-refractivity contribution in [2.75, 3.05) is 6.54 Å². The van der Waals surface area contributed by atoms with Crippen molar-refractivity contribution in [3.05, 3.63) is 29.7 Å². The van der Waals surface area contributed by atoms with Crippen molar-refractivity contribution < 1.29 is 4.79 Å². The average Bonchev–Trinajstić information content (AvgIpc) is 2.71. The standard InChI is InChI=1S/C16H24N4O/c1-12-8-14-18-10-13(11-20(14)19-12)6-5-7-17-15(21)9-16(2,3)4/h8,10-11H,5-7,9H2,1-4H3,(H,17,21). The molecule has 0 aliphatic carbocycles. The molecule has 0 spiro atoms. The fourth-order valence-electron chi connectivity index (χ4n) is 2.23. The largest absolute Gasteiger partial charge is 0.356 e. The van der Waals surface area contributed by atoms with Crippen molar-refractivity contribution in [1.29, 1.82) is 0 Å². The molecule has 0 aliphatic rings. The first-order chi connectivity index (χ1) is 9.83. The summed E-state index contributed by atoms with van der Waals surface area (Å²) in [6.45, 7) is 8.86. The van der Waals surface area contributed by atoms with E-state index in [-0.39, 0.29) is 11.3 Å². The second-order valence-electron chi connectivity index (χ2n) is 6.74. The first kappa shape index (κ1) is 15.5. The molecule has 0 saturated heterocycles. The van der Waals surface area contributed by atoms with E-state index in [2.05, 4.69) is 36.2 Å². The van der Waals surface area contributed by atoms with Crippen LogP contribution in [0.2, 0.25) is 0 Å². The predicted molar refractivity (Wildman–Crippen MR) is 83.1 cm³/mol. The molecular formula is C16H24N4O. The van der Waals surface area contributed by atoms with Gasteiger partial charge in [0.15, 0.2) is 5.65 Å². The number of carbonyl (C=O) groups is 1. The summed E-state index contributed by atoms with van der Waals surface area (Å²) in [5, 5.41) is 7.32. The monoisotopic (exact) mass is 288 g/mol. The van der Waals surface area contributed by atoms with Crippen LogP contribution >= 0.6 is 0 Å². The van der Waals surface area contributed by atoms with Crippen LogP contribution in [-0.2, 0) is 11.2 Å². The quantitative estimate of drug-likeness (QED) is 0.860. The van der Waals surface area contributed by atoms with Crippen LogP contribution in [0.25, 0.3) is 5.65 Å². The molecule has 2 aromatic rings. The van der Waals surface area contributed by atoms with Gasteiger partial charge in [0, 0.05) is 31.4 Å². The molecular weight excluding hydrogens is 264 g/mol. The van der Waals surface area contributed by atoms with Crippen LogP contribution in [0.4, 0.5) is 0 Å². The number of aromatic nitrogens is 3. The van der Waals surface area contributed by atoms with Gasteiger partial charge >= 0.3 is 0 Å². The third-order valence-corrected chi connectivity index (χ3v) is 3.14. The van der Waals surface area contributed by atoms with Crippen molar-refractivity contribution >= 4 is 11.6 Å². The minimum Gasteiger partial charge on any atom is -0.356 e. The molecule has 2 heterocycles. The zero-order valence-corrected chi connectivity index (χ0v) is 13.3. The Bertz CT molecular complexity index is 625. The smallest absolute Gasteiger partial charge is 0.220 e. The number of rotatable bonds is 5. The molecule has 0 unspecified atom stereocenters. The maximum absolute atomic E-state index is 11.7. The number of amides is 1. The zero-order valence-electron chi connectivity index (χ0n) is 13.3. The number of hydrogen-bond acceptors (Lipinski definition) is 3. The molecule has 5 nitrogen and oxygen atoms in total. The molecule has 1 amide bonds. The summed E-state index contributed by atoms with van der Waals surface area (Å²) in [5.74, 6) is 0.124. The van der Waals surface area contributed by atoms with Gasteiger partial charge in [-0.2, -0.15) is 5.10 Å². The summed E-state index contributed by atoms with van der Waals surface area (Å²) in [6.07, 6.45) is 6.24. The summed E-state index contributed by atoms with van der Waals surface area (Å²) in [4.78, 5) is 16.1. The Morgan fingerprint density at radius 2 is 2.14 bits per heavy atom. The Labute approximate surface area is 125 Å². The van der Waals surface area contributed by atoms with Crippen LogP contribution < -0.4 is 5.32 Å². The molecule has 0 bridgehead atoms. The van der Waals surface area contributed by atoms with E-state index < -0.39 is 0 Å². The highest BCUT2D eigenvalue weighted by molar-refractivity contribution is 5.76. The third kappa shape index (κ3) is 4.85. The van der Waals surface area contributed by atoms with E-state index in [1.54, 1.807) is 0 Å². The van der Waals surface area contributed by atoms with Gasteiger partial charge in [-0.3, -0.25) is 4.79 Å². The predicted octanol–water partition coefficient (Wildman–Crippen LogP) is 2.52. The molecule has 0 atom stereocenters. The van der Waals surface area contributed by atoms with Crippen molar-refractivity contribution in [3.63, 3.8) is 0 Å². The molecule has 2 aromatic heterocycles. The molecule has 1 N–H and O–H groups in total. The summed E-state index contributed by atoms with van der Waals surface area (Å²) < 4.78 is 1.81. The Hall–Kier alpha value is -1.91. The van der Waals surface area contributed by atoms with E-state index in [9.17, 15) is 4.79 Å². The number of nitrogens with one attached hydrogen (secondary N) is 1. The van der Waals surface area contributed by atoms with E-state index in [1.165, 1.54) is 0 Å². The molecule has 0 aliphatic heterocycles. The van der Waals surface area contributed by atoms with Crippen molar-refractivity contribution in [2.24, 2.45) is 5.41 Å². The Morgan fingerprint density at radius 1 is 1.38 bits per heavy atom. The van der Waals surface area contributed by atoms with Crippen LogP contribution in [0, 0.1) is 12.3 Å². The summed E-state index contributed by atoms with van der Waals surface area (Å²) >= 11 is 0. The number of hydrogen-bond donors (Lipinski definition) is 1. The molecule has 0 saturated carbocycles. The lowest BCUT2D eigenvalue weighted by Crippen LogP contribution is -2.28. The number of fused-ring (bicyclic) bond motifs is 1. The van der Waals surface area contributed by atoms with Crippen LogP contribution in [0.3, 0.4) is 0 Å². The zero-order chi connectivity index (χ0) is 15.5. The molecule has 0 radical (unpaired) electrons. The molecule has 0 aromatic carbocycles. The summed E-state index contributed by atoms with van der Waals surface area (Å²) in [5.41, 5.74) is 3.01. The van der Waals surface area contributed by atoms with Gasteiger partial charge in [-0.25, -0.2) is 9.50 Å². The Morgan fingerprint density at radius 3 is 2.86 bits per heavy atom. The SMILES string of the molecule is Cc1cc2ncc(CCCNC(=O)CC(C)(C)C)cn2n1. The van der Waals surface area contributed by atoms with Gasteiger partial charge in [-0.15, -0.1) is 0 Å². The second-order valence-corrected chi connectivity index (χ2v) is 6.74. The normalized spacial score (nSPS) is 11.8. The molecule has 0 fully saturated rings. The fraction of sp³-hybridized carbons (Fsp3) is 0.562. The lowest BCUT2D eigenvalue weighted by molar-refractivity contribution is -0.122. The number of nitrogens with zero attached hydrogens (tertiary/aromatic N) is 3. The van der Waals surface area contributed by atoms with Crippen LogP contribution in [0.1, 0.15) is 44.9 Å². The fourth-order valence-corrected chi connectivity index (χ4v) is 2.23. The minimum absolute atomic E-state index is 0.0387. The first-order valence-electron chi connectivity index (χ1n) is 7.41. The highest BCUT2D eigenvalue weighted by Crippen LogP contribution is 2.17. The van der Waals surface area contributed by atoms with Crippen LogP contribution in [0.5, 0.6) is 0 Å². The summed E-state index contributed by atoms with van der Waals surface area (Å²) in [7, 11) is 0. The summed E-state index contributed by atoms with van der Waals surface area (Å²) in [6, 6.07) is 1.95.